The van der Waals surface area contributed by atoms with Crippen LogP contribution < -0.4 is 0 Å². The van der Waals surface area contributed by atoms with Crippen LogP contribution in [0, 0.1) is 12.7 Å². The molecule has 2 fully saturated rings. The topological polar surface area (TPSA) is 32.8 Å². The lowest BCUT2D eigenvalue weighted by molar-refractivity contribution is -0.0708. The van der Waals surface area contributed by atoms with Gasteiger partial charge in [0.25, 0.3) is 5.91 Å². The monoisotopic (exact) mass is 382 g/mol. The Hall–Kier alpha value is -2.24. The third kappa shape index (κ3) is 3.82. The summed E-state index contributed by atoms with van der Waals surface area (Å²) in [6.45, 7) is 5.66. The van der Waals surface area contributed by atoms with E-state index in [1.807, 2.05) is 35.2 Å². The van der Waals surface area contributed by atoms with Gasteiger partial charge in [-0.25, -0.2) is 4.39 Å². The quantitative estimate of drug-likeness (QED) is 0.806. The number of hydrogen-bond acceptors (Lipinski definition) is 3. The summed E-state index contributed by atoms with van der Waals surface area (Å²) in [7, 11) is 0. The van der Waals surface area contributed by atoms with Gasteiger partial charge in [0.2, 0.25) is 0 Å². The van der Waals surface area contributed by atoms with E-state index in [4.69, 9.17) is 4.74 Å². The molecule has 0 saturated carbocycles. The van der Waals surface area contributed by atoms with Gasteiger partial charge in [-0.3, -0.25) is 4.79 Å². The predicted octanol–water partition coefficient (Wildman–Crippen LogP) is 3.81. The SMILES string of the molecule is Cc1cccc(F)c1C(=O)N1CCO[C@@H](CN2CCCC2)[C@@H]1c1ccccc1. The standard InChI is InChI=1S/C23H27FN2O2/c1-17-8-7-11-19(24)21(17)23(27)26-14-15-28-20(16-25-12-5-6-13-25)22(26)18-9-3-2-4-10-18/h2-4,7-11,20,22H,5-6,12-16H2,1H3/t20-,22-/m0/s1. The van der Waals surface area contributed by atoms with Crippen LogP contribution in [-0.4, -0.2) is 54.6 Å². The van der Waals surface area contributed by atoms with Crippen molar-refractivity contribution in [3.05, 3.63) is 71.0 Å². The maximum Gasteiger partial charge on any atom is 0.257 e. The Kier molecular flexibility index (Phi) is 5.74. The smallest absolute Gasteiger partial charge is 0.257 e. The molecular formula is C23H27FN2O2. The lowest BCUT2D eigenvalue weighted by Gasteiger charge is -2.43. The molecule has 0 unspecified atom stereocenters. The zero-order chi connectivity index (χ0) is 19.5. The fourth-order valence-electron chi connectivity index (χ4n) is 4.42. The van der Waals surface area contributed by atoms with Crippen LogP contribution in [-0.2, 0) is 4.74 Å². The van der Waals surface area contributed by atoms with Crippen LogP contribution in [0.3, 0.4) is 0 Å². The van der Waals surface area contributed by atoms with E-state index in [-0.39, 0.29) is 23.6 Å². The van der Waals surface area contributed by atoms with Crippen LogP contribution in [0.25, 0.3) is 0 Å². The number of aryl methyl sites for hydroxylation is 1. The summed E-state index contributed by atoms with van der Waals surface area (Å²) in [6.07, 6.45) is 2.30. The second-order valence-electron chi connectivity index (χ2n) is 7.70. The number of hydrogen-bond donors (Lipinski definition) is 0. The van der Waals surface area contributed by atoms with Crippen molar-refractivity contribution in [1.82, 2.24) is 9.80 Å². The average molecular weight is 382 g/mol. The molecule has 0 bridgehead atoms. The molecule has 0 aromatic heterocycles. The zero-order valence-corrected chi connectivity index (χ0v) is 16.3. The van der Waals surface area contributed by atoms with Crippen LogP contribution in [0.2, 0.25) is 0 Å². The Morgan fingerprint density at radius 2 is 1.82 bits per heavy atom. The Morgan fingerprint density at radius 1 is 1.07 bits per heavy atom. The maximum atomic E-state index is 14.5. The summed E-state index contributed by atoms with van der Waals surface area (Å²) in [4.78, 5) is 17.6. The highest BCUT2D eigenvalue weighted by molar-refractivity contribution is 5.96. The first-order valence-corrected chi connectivity index (χ1v) is 10.1. The summed E-state index contributed by atoms with van der Waals surface area (Å²) < 4.78 is 20.7. The number of rotatable bonds is 4. The number of carbonyl (C=O) groups excluding carboxylic acids is 1. The van der Waals surface area contributed by atoms with Gasteiger partial charge >= 0.3 is 0 Å². The van der Waals surface area contributed by atoms with Gasteiger partial charge in [0, 0.05) is 13.1 Å². The van der Waals surface area contributed by atoms with Crippen molar-refractivity contribution in [3.63, 3.8) is 0 Å². The average Bonchev–Trinajstić information content (AvgIpc) is 3.21. The second kappa shape index (κ2) is 8.41. The van der Waals surface area contributed by atoms with Crippen molar-refractivity contribution >= 4 is 5.91 Å². The van der Waals surface area contributed by atoms with E-state index in [9.17, 15) is 9.18 Å². The first-order valence-electron chi connectivity index (χ1n) is 10.1. The van der Waals surface area contributed by atoms with Crippen molar-refractivity contribution < 1.29 is 13.9 Å². The fourth-order valence-corrected chi connectivity index (χ4v) is 4.42. The Balaban J connectivity index is 1.68. The van der Waals surface area contributed by atoms with Gasteiger partial charge in [-0.05, 0) is 50.0 Å². The number of likely N-dealkylation sites (tertiary alicyclic amines) is 1. The molecular weight excluding hydrogens is 355 g/mol. The van der Waals surface area contributed by atoms with Crippen molar-refractivity contribution in [3.8, 4) is 0 Å². The van der Waals surface area contributed by atoms with E-state index in [0.717, 1.165) is 25.2 Å². The summed E-state index contributed by atoms with van der Waals surface area (Å²) in [5.74, 6) is -0.710. The van der Waals surface area contributed by atoms with E-state index >= 15 is 0 Å². The molecule has 28 heavy (non-hydrogen) atoms. The Labute approximate surface area is 165 Å². The minimum Gasteiger partial charge on any atom is -0.373 e. The number of carbonyl (C=O) groups is 1. The van der Waals surface area contributed by atoms with Gasteiger partial charge in [-0.1, -0.05) is 42.5 Å². The molecule has 0 N–H and O–H groups in total. The summed E-state index contributed by atoms with van der Waals surface area (Å²) in [5.41, 5.74) is 1.87. The van der Waals surface area contributed by atoms with Crippen LogP contribution in [0.15, 0.2) is 48.5 Å². The number of benzene rings is 2. The van der Waals surface area contributed by atoms with Crippen molar-refractivity contribution in [1.29, 1.82) is 0 Å². The molecule has 4 rings (SSSR count). The minimum atomic E-state index is -0.459. The zero-order valence-electron chi connectivity index (χ0n) is 16.3. The summed E-state index contributed by atoms with van der Waals surface area (Å²) in [6, 6.07) is 14.6. The van der Waals surface area contributed by atoms with Crippen molar-refractivity contribution in [2.75, 3.05) is 32.8 Å². The van der Waals surface area contributed by atoms with Crippen LogP contribution in [0.5, 0.6) is 0 Å². The van der Waals surface area contributed by atoms with E-state index in [1.54, 1.807) is 19.1 Å². The Bertz CT molecular complexity index is 800. The molecule has 4 nitrogen and oxygen atoms in total. The predicted molar refractivity (Wildman–Crippen MR) is 107 cm³/mol. The number of halogens is 1. The second-order valence-corrected chi connectivity index (χ2v) is 7.70. The molecule has 2 saturated heterocycles. The van der Waals surface area contributed by atoms with Gasteiger partial charge in [0.15, 0.2) is 0 Å². The molecule has 2 aromatic carbocycles. The fraction of sp³-hybridized carbons (Fsp3) is 0.435. The number of morpholine rings is 1. The first kappa shape index (κ1) is 19.1. The van der Waals surface area contributed by atoms with Gasteiger partial charge < -0.3 is 14.5 Å². The summed E-state index contributed by atoms with van der Waals surface area (Å²) >= 11 is 0. The van der Waals surface area contributed by atoms with Crippen LogP contribution >= 0.6 is 0 Å². The highest BCUT2D eigenvalue weighted by Gasteiger charge is 2.38. The van der Waals surface area contributed by atoms with E-state index in [2.05, 4.69) is 4.90 Å². The van der Waals surface area contributed by atoms with E-state index in [1.165, 1.54) is 18.9 Å². The first-order chi connectivity index (χ1) is 13.6. The van der Waals surface area contributed by atoms with E-state index < -0.39 is 5.82 Å². The molecule has 5 heteroatoms. The third-order valence-electron chi connectivity index (χ3n) is 5.83. The van der Waals surface area contributed by atoms with Gasteiger partial charge in [-0.2, -0.15) is 0 Å². The number of amides is 1. The Morgan fingerprint density at radius 3 is 2.54 bits per heavy atom. The molecule has 2 heterocycles. The molecule has 2 aromatic rings. The van der Waals surface area contributed by atoms with Gasteiger partial charge in [-0.15, -0.1) is 0 Å². The third-order valence-corrected chi connectivity index (χ3v) is 5.83. The molecule has 0 spiro atoms. The van der Waals surface area contributed by atoms with Crippen LogP contribution in [0.1, 0.15) is 40.4 Å². The highest BCUT2D eigenvalue weighted by atomic mass is 19.1. The summed E-state index contributed by atoms with van der Waals surface area (Å²) in [5, 5.41) is 0. The molecule has 2 aliphatic rings. The van der Waals surface area contributed by atoms with Gasteiger partial charge in [0.1, 0.15) is 5.82 Å². The highest BCUT2D eigenvalue weighted by Crippen LogP contribution is 2.33. The van der Waals surface area contributed by atoms with Gasteiger partial charge in [0.05, 0.1) is 24.3 Å². The van der Waals surface area contributed by atoms with Crippen LogP contribution in [0.4, 0.5) is 4.39 Å². The number of nitrogens with zero attached hydrogens (tertiary/aromatic N) is 2. The molecule has 1 amide bonds. The maximum absolute atomic E-state index is 14.5. The van der Waals surface area contributed by atoms with Crippen molar-refractivity contribution in [2.45, 2.75) is 31.9 Å². The molecule has 0 radical (unpaired) electrons. The lowest BCUT2D eigenvalue weighted by atomic mass is 9.95. The lowest BCUT2D eigenvalue weighted by Crippen LogP contribution is -2.51. The molecule has 2 aliphatic heterocycles. The number of ether oxygens (including phenoxy) is 1. The van der Waals surface area contributed by atoms with Crippen molar-refractivity contribution in [2.24, 2.45) is 0 Å². The molecule has 148 valence electrons. The normalized spacial score (nSPS) is 23.1. The largest absolute Gasteiger partial charge is 0.373 e. The minimum absolute atomic E-state index is 0.120. The van der Waals surface area contributed by atoms with E-state index in [0.29, 0.717) is 18.7 Å². The molecule has 2 atom stereocenters. The molecule has 0 aliphatic carbocycles.